The first-order chi connectivity index (χ1) is 15.8. The molecule has 1 atom stereocenters. The molecule has 0 saturated heterocycles. The van der Waals surface area contributed by atoms with Crippen molar-refractivity contribution in [1.82, 2.24) is 0 Å². The summed E-state index contributed by atoms with van der Waals surface area (Å²) in [7, 11) is 0. The SMILES string of the molecule is CC(=O)O.CCCCOC(=O)C1=C(O)CC([C@H]2CC[C@H]([C@H]3CC[C@H](CCC)CC3)CC2)CC1. The largest absolute Gasteiger partial charge is 0.512 e. The first-order valence-electron chi connectivity index (χ1n) is 13.6. The van der Waals surface area contributed by atoms with Crippen molar-refractivity contribution in [3.63, 3.8) is 0 Å². The van der Waals surface area contributed by atoms with Gasteiger partial charge in [-0.15, -0.1) is 0 Å². The number of ether oxygens (including phenoxy) is 1. The summed E-state index contributed by atoms with van der Waals surface area (Å²) in [5, 5.41) is 17.9. The van der Waals surface area contributed by atoms with Gasteiger partial charge >= 0.3 is 5.97 Å². The first-order valence-corrected chi connectivity index (χ1v) is 13.6. The molecule has 0 aromatic rings. The second-order valence-corrected chi connectivity index (χ2v) is 10.7. The van der Waals surface area contributed by atoms with Crippen LogP contribution < -0.4 is 0 Å². The van der Waals surface area contributed by atoms with Crippen LogP contribution in [0.25, 0.3) is 0 Å². The topological polar surface area (TPSA) is 83.8 Å². The van der Waals surface area contributed by atoms with E-state index in [1.54, 1.807) is 0 Å². The van der Waals surface area contributed by atoms with Gasteiger partial charge in [-0.2, -0.15) is 0 Å². The Hall–Kier alpha value is -1.52. The summed E-state index contributed by atoms with van der Waals surface area (Å²) in [6.07, 6.45) is 18.4. The van der Waals surface area contributed by atoms with E-state index in [0.29, 0.717) is 36.7 Å². The molecule has 3 aliphatic rings. The average Bonchev–Trinajstić information content (AvgIpc) is 2.79. The molecule has 2 saturated carbocycles. The molecule has 0 aliphatic heterocycles. The Balaban J connectivity index is 0.000000890. The number of unbranched alkanes of at least 4 members (excludes halogenated alkanes) is 1. The van der Waals surface area contributed by atoms with Gasteiger partial charge in [0.1, 0.15) is 5.76 Å². The number of hydrogen-bond acceptors (Lipinski definition) is 4. The number of carboxylic acid groups (broad SMARTS) is 1. The lowest BCUT2D eigenvalue weighted by Gasteiger charge is -2.40. The number of carbonyl (C=O) groups is 2. The highest BCUT2D eigenvalue weighted by molar-refractivity contribution is 5.89. The Kier molecular flexibility index (Phi) is 12.3. The third kappa shape index (κ3) is 9.33. The minimum atomic E-state index is -0.833. The molecule has 2 N–H and O–H groups in total. The molecule has 0 aromatic carbocycles. The van der Waals surface area contributed by atoms with Crippen molar-refractivity contribution in [3.05, 3.63) is 11.3 Å². The Morgan fingerprint density at radius 1 is 0.848 bits per heavy atom. The number of carbonyl (C=O) groups excluding carboxylic acids is 1. The minimum absolute atomic E-state index is 0.281. The van der Waals surface area contributed by atoms with Crippen LogP contribution >= 0.6 is 0 Å². The summed E-state index contributed by atoms with van der Waals surface area (Å²) in [6, 6.07) is 0. The third-order valence-corrected chi connectivity index (χ3v) is 8.28. The zero-order chi connectivity index (χ0) is 24.2. The van der Waals surface area contributed by atoms with Crippen LogP contribution in [0.2, 0.25) is 0 Å². The molecular weight excluding hydrogens is 416 g/mol. The summed E-state index contributed by atoms with van der Waals surface area (Å²) < 4.78 is 5.32. The molecule has 0 heterocycles. The molecule has 0 radical (unpaired) electrons. The molecule has 5 nitrogen and oxygen atoms in total. The molecular formula is C28H48O5. The van der Waals surface area contributed by atoms with Gasteiger partial charge in [-0.3, -0.25) is 4.79 Å². The van der Waals surface area contributed by atoms with Gasteiger partial charge in [0, 0.05) is 13.3 Å². The molecule has 3 aliphatic carbocycles. The number of allylic oxidation sites excluding steroid dienone is 1. The van der Waals surface area contributed by atoms with Crippen LogP contribution in [0.1, 0.15) is 117 Å². The number of rotatable bonds is 8. The molecule has 0 spiro atoms. The van der Waals surface area contributed by atoms with E-state index in [4.69, 9.17) is 14.6 Å². The van der Waals surface area contributed by atoms with Crippen LogP contribution in [-0.4, -0.2) is 28.8 Å². The fourth-order valence-corrected chi connectivity index (χ4v) is 6.41. The molecule has 3 rings (SSSR count). The van der Waals surface area contributed by atoms with Crippen LogP contribution in [0.15, 0.2) is 11.3 Å². The molecule has 190 valence electrons. The lowest BCUT2D eigenvalue weighted by atomic mass is 9.65. The Morgan fingerprint density at radius 2 is 1.36 bits per heavy atom. The predicted molar refractivity (Wildman–Crippen MR) is 132 cm³/mol. The van der Waals surface area contributed by atoms with Gasteiger partial charge < -0.3 is 14.9 Å². The van der Waals surface area contributed by atoms with Crippen molar-refractivity contribution >= 4 is 11.9 Å². The van der Waals surface area contributed by atoms with Crippen LogP contribution in [0.5, 0.6) is 0 Å². The molecule has 5 heteroatoms. The van der Waals surface area contributed by atoms with Crippen molar-refractivity contribution in [1.29, 1.82) is 0 Å². The lowest BCUT2D eigenvalue weighted by molar-refractivity contribution is -0.140. The zero-order valence-electron chi connectivity index (χ0n) is 21.3. The fraction of sp³-hybridized carbons (Fsp3) is 0.857. The van der Waals surface area contributed by atoms with Crippen molar-refractivity contribution in [2.24, 2.45) is 29.6 Å². The van der Waals surface area contributed by atoms with Gasteiger partial charge in [-0.25, -0.2) is 4.79 Å². The van der Waals surface area contributed by atoms with Gasteiger partial charge in [0.15, 0.2) is 0 Å². The Labute approximate surface area is 201 Å². The van der Waals surface area contributed by atoms with Crippen LogP contribution in [-0.2, 0) is 14.3 Å². The van der Waals surface area contributed by atoms with Crippen LogP contribution in [0.3, 0.4) is 0 Å². The standard InChI is InChI=1S/C26H44O3.C2H4O2/c1-3-5-17-29-26(28)24-16-15-23(18-25(24)27)22-13-11-21(12-14-22)20-9-7-19(6-4-2)8-10-20;1-2(3)4/h19-23,27H,3-18H2,1-2H3;1H3,(H,3,4)/t19-,20-,21-,22-,23?;. The second kappa shape index (κ2) is 14.7. The summed E-state index contributed by atoms with van der Waals surface area (Å²) in [5.74, 6) is 3.44. The van der Waals surface area contributed by atoms with Crippen LogP contribution in [0.4, 0.5) is 0 Å². The van der Waals surface area contributed by atoms with Gasteiger partial charge in [-0.1, -0.05) is 46.0 Å². The zero-order valence-corrected chi connectivity index (χ0v) is 21.3. The van der Waals surface area contributed by atoms with Crippen molar-refractivity contribution in [2.45, 2.75) is 117 Å². The molecule has 33 heavy (non-hydrogen) atoms. The highest BCUT2D eigenvalue weighted by Crippen LogP contribution is 2.46. The maximum Gasteiger partial charge on any atom is 0.337 e. The van der Waals surface area contributed by atoms with Crippen molar-refractivity contribution in [2.75, 3.05) is 6.61 Å². The van der Waals surface area contributed by atoms with E-state index in [1.165, 1.54) is 64.2 Å². The van der Waals surface area contributed by atoms with E-state index in [-0.39, 0.29) is 5.97 Å². The number of aliphatic hydroxyl groups is 1. The summed E-state index contributed by atoms with van der Waals surface area (Å²) in [5.41, 5.74) is 0.551. The highest BCUT2D eigenvalue weighted by atomic mass is 16.5. The number of carboxylic acids is 1. The maximum atomic E-state index is 12.2. The normalized spacial score (nSPS) is 30.2. The van der Waals surface area contributed by atoms with E-state index in [2.05, 4.69) is 13.8 Å². The van der Waals surface area contributed by atoms with E-state index in [0.717, 1.165) is 49.9 Å². The van der Waals surface area contributed by atoms with Gasteiger partial charge in [0.05, 0.1) is 12.2 Å². The molecule has 0 amide bonds. The number of esters is 1. The fourth-order valence-electron chi connectivity index (χ4n) is 6.41. The minimum Gasteiger partial charge on any atom is -0.512 e. The van der Waals surface area contributed by atoms with Gasteiger partial charge in [0.2, 0.25) is 0 Å². The van der Waals surface area contributed by atoms with Gasteiger partial charge in [-0.05, 0) is 87.4 Å². The Bertz CT molecular complexity index is 620. The molecule has 0 bridgehead atoms. The monoisotopic (exact) mass is 464 g/mol. The highest BCUT2D eigenvalue weighted by Gasteiger charge is 2.35. The lowest BCUT2D eigenvalue weighted by Crippen LogP contribution is -2.30. The van der Waals surface area contributed by atoms with Crippen LogP contribution in [0, 0.1) is 29.6 Å². The smallest absolute Gasteiger partial charge is 0.337 e. The van der Waals surface area contributed by atoms with E-state index < -0.39 is 5.97 Å². The van der Waals surface area contributed by atoms with Crippen molar-refractivity contribution in [3.8, 4) is 0 Å². The second-order valence-electron chi connectivity index (χ2n) is 10.7. The van der Waals surface area contributed by atoms with E-state index in [1.807, 2.05) is 0 Å². The molecule has 2 fully saturated rings. The number of aliphatic carboxylic acids is 1. The maximum absolute atomic E-state index is 12.2. The number of hydrogen-bond donors (Lipinski definition) is 2. The van der Waals surface area contributed by atoms with E-state index >= 15 is 0 Å². The Morgan fingerprint density at radius 3 is 1.85 bits per heavy atom. The van der Waals surface area contributed by atoms with Crippen molar-refractivity contribution < 1.29 is 24.5 Å². The average molecular weight is 465 g/mol. The molecule has 0 aromatic heterocycles. The van der Waals surface area contributed by atoms with Gasteiger partial charge in [0.25, 0.3) is 5.97 Å². The summed E-state index contributed by atoms with van der Waals surface area (Å²) in [6.45, 7) is 5.96. The van der Waals surface area contributed by atoms with E-state index in [9.17, 15) is 9.90 Å². The quantitative estimate of drug-likeness (QED) is 0.288. The predicted octanol–water partition coefficient (Wildman–Crippen LogP) is 7.45. The molecule has 1 unspecified atom stereocenters. The first kappa shape index (κ1) is 27.7. The summed E-state index contributed by atoms with van der Waals surface area (Å²) >= 11 is 0. The summed E-state index contributed by atoms with van der Waals surface area (Å²) in [4.78, 5) is 21.2. The third-order valence-electron chi connectivity index (χ3n) is 8.28. The number of aliphatic hydroxyl groups excluding tert-OH is 1.